The number of carbonyl (C=O) groups excluding carboxylic acids is 1. The Balaban J connectivity index is 2.41. The van der Waals surface area contributed by atoms with Crippen molar-refractivity contribution in [3.05, 3.63) is 76.6 Å². The first-order valence-corrected chi connectivity index (χ1v) is 6.80. The lowest BCUT2D eigenvalue weighted by atomic mass is 9.72. The Bertz CT molecular complexity index is 846. The van der Waals surface area contributed by atoms with Crippen LogP contribution in [0.25, 0.3) is 5.70 Å². The Morgan fingerprint density at radius 1 is 1.18 bits per heavy atom. The van der Waals surface area contributed by atoms with Gasteiger partial charge in [0.25, 0.3) is 0 Å². The third-order valence-corrected chi connectivity index (χ3v) is 4.06. The number of nitrogens with zero attached hydrogens (tertiary/aromatic N) is 1. The minimum absolute atomic E-state index is 0.253. The monoisotopic (exact) mass is 292 g/mol. The summed E-state index contributed by atoms with van der Waals surface area (Å²) >= 11 is 0. The number of hydrogen-bond acceptors (Lipinski definition) is 3. The van der Waals surface area contributed by atoms with E-state index < -0.39 is 11.2 Å². The molecule has 2 N–H and O–H groups in total. The van der Waals surface area contributed by atoms with Gasteiger partial charge in [0.2, 0.25) is 0 Å². The molecule has 3 rings (SSSR count). The Morgan fingerprint density at radius 3 is 2.41 bits per heavy atom. The maximum atomic E-state index is 13.2. The Morgan fingerprint density at radius 2 is 1.82 bits per heavy atom. The normalized spacial score (nSPS) is 19.7. The van der Waals surface area contributed by atoms with E-state index in [1.165, 1.54) is 31.2 Å². The Hall–Kier alpha value is -2.93. The molecule has 2 aromatic carbocycles. The molecule has 0 amide bonds. The summed E-state index contributed by atoms with van der Waals surface area (Å²) in [6, 6.07) is 15.0. The van der Waals surface area contributed by atoms with Crippen LogP contribution in [0.1, 0.15) is 23.6 Å². The second kappa shape index (κ2) is 4.81. The quantitative estimate of drug-likeness (QED) is 0.925. The number of hydrogen-bond donors (Lipinski definition) is 1. The van der Waals surface area contributed by atoms with Crippen molar-refractivity contribution in [3.8, 4) is 6.07 Å². The Kier molecular flexibility index (Phi) is 3.07. The van der Waals surface area contributed by atoms with Gasteiger partial charge < -0.3 is 5.73 Å². The van der Waals surface area contributed by atoms with Crippen LogP contribution in [0.15, 0.2) is 54.1 Å². The fraction of sp³-hybridized carbons (Fsp3) is 0.111. The fourth-order valence-electron chi connectivity index (χ4n) is 3.15. The van der Waals surface area contributed by atoms with E-state index in [2.05, 4.69) is 6.07 Å². The van der Waals surface area contributed by atoms with Gasteiger partial charge in [0.15, 0.2) is 5.78 Å². The van der Waals surface area contributed by atoms with Gasteiger partial charge in [-0.05, 0) is 30.2 Å². The van der Waals surface area contributed by atoms with Gasteiger partial charge in [0.05, 0.1) is 6.07 Å². The molecule has 2 aromatic rings. The van der Waals surface area contributed by atoms with Crippen LogP contribution in [0.2, 0.25) is 0 Å². The van der Waals surface area contributed by atoms with Crippen LogP contribution in [0, 0.1) is 17.1 Å². The third-order valence-electron chi connectivity index (χ3n) is 4.06. The zero-order valence-corrected chi connectivity index (χ0v) is 11.9. The van der Waals surface area contributed by atoms with Crippen LogP contribution < -0.4 is 5.73 Å². The molecule has 22 heavy (non-hydrogen) atoms. The smallest absolute Gasteiger partial charge is 0.160 e. The minimum Gasteiger partial charge on any atom is -0.398 e. The largest absolute Gasteiger partial charge is 0.398 e. The number of halogens is 1. The summed E-state index contributed by atoms with van der Waals surface area (Å²) in [4.78, 5) is 12.2. The van der Waals surface area contributed by atoms with E-state index in [-0.39, 0.29) is 11.4 Å². The molecule has 1 aliphatic rings. The molecule has 1 unspecified atom stereocenters. The maximum Gasteiger partial charge on any atom is 0.160 e. The van der Waals surface area contributed by atoms with E-state index in [1.54, 1.807) is 18.2 Å². The lowest BCUT2D eigenvalue weighted by molar-refractivity contribution is -0.113. The highest BCUT2D eigenvalue weighted by atomic mass is 19.1. The molecular formula is C18H13FN2O. The van der Waals surface area contributed by atoms with E-state index in [0.717, 1.165) is 0 Å². The van der Waals surface area contributed by atoms with Gasteiger partial charge >= 0.3 is 0 Å². The molecule has 0 aromatic heterocycles. The molecule has 108 valence electrons. The average molecular weight is 292 g/mol. The highest BCUT2D eigenvalue weighted by Gasteiger charge is 2.48. The molecule has 4 heteroatoms. The van der Waals surface area contributed by atoms with E-state index in [9.17, 15) is 14.4 Å². The molecule has 0 bridgehead atoms. The number of fused-ring (bicyclic) bond motifs is 1. The van der Waals surface area contributed by atoms with Crippen molar-refractivity contribution in [2.24, 2.45) is 5.73 Å². The van der Waals surface area contributed by atoms with E-state index in [1.807, 2.05) is 6.07 Å². The summed E-state index contributed by atoms with van der Waals surface area (Å²) in [6.45, 7) is 1.39. The number of nitrogens with two attached hydrogens (primary N) is 1. The van der Waals surface area contributed by atoms with Gasteiger partial charge in [-0.2, -0.15) is 5.26 Å². The van der Waals surface area contributed by atoms with E-state index in [4.69, 9.17) is 5.73 Å². The second-order valence-electron chi connectivity index (χ2n) is 5.26. The van der Waals surface area contributed by atoms with Gasteiger partial charge in [-0.15, -0.1) is 0 Å². The highest BCUT2D eigenvalue weighted by molar-refractivity contribution is 6.08. The molecule has 0 heterocycles. The van der Waals surface area contributed by atoms with Crippen LogP contribution in [-0.4, -0.2) is 5.78 Å². The molecular weight excluding hydrogens is 279 g/mol. The first-order valence-electron chi connectivity index (χ1n) is 6.80. The number of Topliss-reactive ketones (excluding diaryl/α,β-unsaturated/α-hetero) is 1. The summed E-state index contributed by atoms with van der Waals surface area (Å²) in [5.74, 6) is -0.663. The summed E-state index contributed by atoms with van der Waals surface area (Å²) < 4.78 is 13.2. The van der Waals surface area contributed by atoms with Gasteiger partial charge in [0.1, 0.15) is 11.2 Å². The van der Waals surface area contributed by atoms with E-state index >= 15 is 0 Å². The SMILES string of the molecule is CC(=O)C1=C(N)c2ccccc2C1(C#N)c1ccc(F)cc1. The molecule has 0 spiro atoms. The van der Waals surface area contributed by atoms with Crippen LogP contribution in [0.3, 0.4) is 0 Å². The Labute approximate surface area is 127 Å². The van der Waals surface area contributed by atoms with Crippen molar-refractivity contribution >= 4 is 11.5 Å². The van der Waals surface area contributed by atoms with Gasteiger partial charge in [-0.25, -0.2) is 4.39 Å². The van der Waals surface area contributed by atoms with Crippen LogP contribution >= 0.6 is 0 Å². The molecule has 3 nitrogen and oxygen atoms in total. The fourth-order valence-corrected chi connectivity index (χ4v) is 3.15. The standard InChI is InChI=1S/C18H13FN2O/c1-11(22)16-17(21)14-4-2-3-5-15(14)18(16,10-20)12-6-8-13(19)9-7-12/h2-9H,21H2,1H3. The van der Waals surface area contributed by atoms with Crippen molar-refractivity contribution in [3.63, 3.8) is 0 Å². The maximum absolute atomic E-state index is 13.2. The van der Waals surface area contributed by atoms with Crippen molar-refractivity contribution in [2.45, 2.75) is 12.3 Å². The van der Waals surface area contributed by atoms with Crippen molar-refractivity contribution in [2.75, 3.05) is 0 Å². The summed E-state index contributed by atoms with van der Waals surface area (Å²) in [7, 11) is 0. The number of carbonyl (C=O) groups is 1. The predicted octanol–water partition coefficient (Wildman–Crippen LogP) is 2.91. The number of benzene rings is 2. The molecule has 0 saturated heterocycles. The number of rotatable bonds is 2. The first kappa shape index (κ1) is 14.0. The summed E-state index contributed by atoms with van der Waals surface area (Å²) in [5.41, 5.74) is 7.29. The van der Waals surface area contributed by atoms with Crippen LogP contribution in [0.5, 0.6) is 0 Å². The van der Waals surface area contributed by atoms with E-state index in [0.29, 0.717) is 22.4 Å². The minimum atomic E-state index is -1.29. The second-order valence-corrected chi connectivity index (χ2v) is 5.26. The third kappa shape index (κ3) is 1.69. The van der Waals surface area contributed by atoms with Crippen molar-refractivity contribution in [1.82, 2.24) is 0 Å². The van der Waals surface area contributed by atoms with Gasteiger partial charge in [-0.1, -0.05) is 36.4 Å². The highest BCUT2D eigenvalue weighted by Crippen LogP contribution is 2.48. The predicted molar refractivity (Wildman–Crippen MR) is 81.0 cm³/mol. The molecule has 1 atom stereocenters. The van der Waals surface area contributed by atoms with Crippen molar-refractivity contribution < 1.29 is 9.18 Å². The number of allylic oxidation sites excluding steroid dienone is 1. The molecule has 0 saturated carbocycles. The van der Waals surface area contributed by atoms with Crippen LogP contribution in [0.4, 0.5) is 4.39 Å². The number of nitriles is 1. The molecule has 0 fully saturated rings. The van der Waals surface area contributed by atoms with Gasteiger partial charge in [0, 0.05) is 16.8 Å². The zero-order valence-electron chi connectivity index (χ0n) is 11.9. The summed E-state index contributed by atoms with van der Waals surface area (Å²) in [5, 5.41) is 9.94. The molecule has 1 aliphatic carbocycles. The van der Waals surface area contributed by atoms with Crippen LogP contribution in [-0.2, 0) is 10.2 Å². The molecule has 0 aliphatic heterocycles. The first-order chi connectivity index (χ1) is 10.5. The lowest BCUT2D eigenvalue weighted by Gasteiger charge is -2.25. The average Bonchev–Trinajstić information content (AvgIpc) is 2.78. The van der Waals surface area contributed by atoms with Gasteiger partial charge in [-0.3, -0.25) is 4.79 Å². The lowest BCUT2D eigenvalue weighted by Crippen LogP contribution is -2.29. The number of ketones is 1. The molecule has 0 radical (unpaired) electrons. The zero-order chi connectivity index (χ0) is 15.9. The van der Waals surface area contributed by atoms with Crippen molar-refractivity contribution in [1.29, 1.82) is 5.26 Å². The summed E-state index contributed by atoms with van der Waals surface area (Å²) in [6.07, 6.45) is 0. The topological polar surface area (TPSA) is 66.9 Å².